The van der Waals surface area contributed by atoms with Crippen LogP contribution in [-0.2, 0) is 16.0 Å². The number of carbonyl (C=O) groups excluding carboxylic acids is 1. The molecule has 0 heterocycles. The summed E-state index contributed by atoms with van der Waals surface area (Å²) in [5, 5.41) is 12.3. The maximum Gasteiger partial charge on any atom is 0.407 e. The van der Waals surface area contributed by atoms with E-state index in [9.17, 15) is 9.59 Å². The number of carboxylic acid groups (broad SMARTS) is 1. The maximum atomic E-state index is 11.8. The third-order valence-corrected chi connectivity index (χ3v) is 3.50. The number of ether oxygens (including phenoxy) is 1. The van der Waals surface area contributed by atoms with E-state index < -0.39 is 23.7 Å². The Morgan fingerprint density at radius 1 is 1.32 bits per heavy atom. The van der Waals surface area contributed by atoms with Crippen LogP contribution in [0.5, 0.6) is 0 Å². The minimum absolute atomic E-state index is 0.241. The summed E-state index contributed by atoms with van der Waals surface area (Å²) in [7, 11) is 0. The first-order chi connectivity index (χ1) is 10.1. The number of amides is 1. The van der Waals surface area contributed by atoms with Crippen LogP contribution < -0.4 is 5.32 Å². The van der Waals surface area contributed by atoms with Gasteiger partial charge in [-0.25, -0.2) is 4.79 Å². The number of carboxylic acids is 1. The van der Waals surface area contributed by atoms with E-state index in [1.807, 2.05) is 0 Å². The Hall–Kier alpha value is -1.46. The van der Waals surface area contributed by atoms with Crippen molar-refractivity contribution >= 4 is 35.3 Å². The number of halogens is 2. The van der Waals surface area contributed by atoms with Crippen molar-refractivity contribution in [1.29, 1.82) is 0 Å². The Kier molecular flexibility index (Phi) is 6.50. The lowest BCUT2D eigenvalue weighted by atomic mass is 10.0. The summed E-state index contributed by atoms with van der Waals surface area (Å²) in [6.45, 7) is 5.19. The highest BCUT2D eigenvalue weighted by Crippen LogP contribution is 2.26. The Morgan fingerprint density at radius 2 is 1.95 bits per heavy atom. The monoisotopic (exact) mass is 347 g/mol. The molecule has 7 heteroatoms. The summed E-state index contributed by atoms with van der Waals surface area (Å²) in [6, 6.07) is 4.44. The summed E-state index contributed by atoms with van der Waals surface area (Å²) in [4.78, 5) is 22.8. The van der Waals surface area contributed by atoms with Crippen molar-refractivity contribution in [2.75, 3.05) is 0 Å². The van der Waals surface area contributed by atoms with Gasteiger partial charge >= 0.3 is 12.1 Å². The van der Waals surface area contributed by atoms with Crippen LogP contribution in [0.2, 0.25) is 10.0 Å². The van der Waals surface area contributed by atoms with E-state index in [1.54, 1.807) is 39.0 Å². The standard InChI is InChI=1S/C15H19Cl2NO4/c1-15(2,3)22-14(21)18-10(8-12(19)20)7-9-5-4-6-11(16)13(9)17/h4-6,10H,7-8H2,1-3H3,(H,18,21)(H,19,20)/t10-/m0/s1. The second-order valence-electron chi connectivity index (χ2n) is 5.86. The first-order valence-electron chi connectivity index (χ1n) is 6.72. The van der Waals surface area contributed by atoms with Gasteiger partial charge in [0.05, 0.1) is 16.5 Å². The van der Waals surface area contributed by atoms with Crippen LogP contribution in [0.3, 0.4) is 0 Å². The number of nitrogens with one attached hydrogen (secondary N) is 1. The number of carbonyl (C=O) groups is 2. The molecule has 0 aromatic heterocycles. The van der Waals surface area contributed by atoms with Crippen LogP contribution in [0.25, 0.3) is 0 Å². The molecule has 2 N–H and O–H groups in total. The SMILES string of the molecule is CC(C)(C)OC(=O)N[C@H](CC(=O)O)Cc1cccc(Cl)c1Cl. The zero-order valence-electron chi connectivity index (χ0n) is 12.7. The Bertz CT molecular complexity index is 555. The lowest BCUT2D eigenvalue weighted by Crippen LogP contribution is -2.41. The molecule has 0 saturated heterocycles. The fourth-order valence-electron chi connectivity index (χ4n) is 1.83. The molecule has 0 aliphatic heterocycles. The van der Waals surface area contributed by atoms with Crippen LogP contribution in [0.15, 0.2) is 18.2 Å². The normalized spacial score (nSPS) is 12.6. The lowest BCUT2D eigenvalue weighted by molar-refractivity contribution is -0.137. The van der Waals surface area contributed by atoms with E-state index in [4.69, 9.17) is 33.0 Å². The molecule has 0 radical (unpaired) electrons. The fourth-order valence-corrected chi connectivity index (χ4v) is 2.23. The third kappa shape index (κ3) is 6.54. The van der Waals surface area contributed by atoms with E-state index in [2.05, 4.69) is 5.32 Å². The van der Waals surface area contributed by atoms with Crippen molar-refractivity contribution in [3.05, 3.63) is 33.8 Å². The van der Waals surface area contributed by atoms with E-state index in [-0.39, 0.29) is 12.8 Å². The number of hydrogen-bond donors (Lipinski definition) is 2. The molecule has 122 valence electrons. The van der Waals surface area contributed by atoms with Gasteiger partial charge in [-0.2, -0.15) is 0 Å². The van der Waals surface area contributed by atoms with Gasteiger partial charge in [0.1, 0.15) is 5.60 Å². The smallest absolute Gasteiger partial charge is 0.407 e. The molecule has 0 aliphatic carbocycles. The molecule has 0 saturated carbocycles. The zero-order valence-corrected chi connectivity index (χ0v) is 14.2. The van der Waals surface area contributed by atoms with Crippen LogP contribution >= 0.6 is 23.2 Å². The summed E-state index contributed by atoms with van der Waals surface area (Å²) < 4.78 is 5.14. The number of aliphatic carboxylic acids is 1. The number of benzene rings is 1. The van der Waals surface area contributed by atoms with Crippen LogP contribution in [0, 0.1) is 0 Å². The van der Waals surface area contributed by atoms with Crippen LogP contribution in [0.1, 0.15) is 32.8 Å². The number of rotatable bonds is 5. The molecule has 0 bridgehead atoms. The average molecular weight is 348 g/mol. The lowest BCUT2D eigenvalue weighted by Gasteiger charge is -2.23. The van der Waals surface area contributed by atoms with Gasteiger partial charge in [-0.15, -0.1) is 0 Å². The van der Waals surface area contributed by atoms with E-state index >= 15 is 0 Å². The van der Waals surface area contributed by atoms with Gasteiger partial charge in [0, 0.05) is 6.04 Å². The highest BCUT2D eigenvalue weighted by molar-refractivity contribution is 6.42. The minimum atomic E-state index is -1.03. The van der Waals surface area contributed by atoms with Crippen molar-refractivity contribution in [2.24, 2.45) is 0 Å². The van der Waals surface area contributed by atoms with Crippen molar-refractivity contribution in [3.8, 4) is 0 Å². The molecular formula is C15H19Cl2NO4. The fraction of sp³-hybridized carbons (Fsp3) is 0.467. The Morgan fingerprint density at radius 3 is 2.50 bits per heavy atom. The topological polar surface area (TPSA) is 75.6 Å². The van der Waals surface area contributed by atoms with Gasteiger partial charge in [0.25, 0.3) is 0 Å². The summed E-state index contributed by atoms with van der Waals surface area (Å²) >= 11 is 12.0. The molecule has 0 aliphatic rings. The highest BCUT2D eigenvalue weighted by atomic mass is 35.5. The van der Waals surface area contributed by atoms with Gasteiger partial charge in [-0.3, -0.25) is 4.79 Å². The van der Waals surface area contributed by atoms with Gasteiger partial charge in [-0.1, -0.05) is 35.3 Å². The third-order valence-electron chi connectivity index (χ3n) is 2.64. The van der Waals surface area contributed by atoms with Crippen molar-refractivity contribution in [1.82, 2.24) is 5.32 Å². The van der Waals surface area contributed by atoms with Crippen molar-refractivity contribution < 1.29 is 19.4 Å². The first-order valence-corrected chi connectivity index (χ1v) is 7.48. The van der Waals surface area contributed by atoms with Crippen LogP contribution in [0.4, 0.5) is 4.79 Å². The predicted molar refractivity (Wildman–Crippen MR) is 85.6 cm³/mol. The molecule has 1 rings (SSSR count). The molecule has 22 heavy (non-hydrogen) atoms. The van der Waals surface area contributed by atoms with Crippen molar-refractivity contribution in [3.63, 3.8) is 0 Å². The molecular weight excluding hydrogens is 329 g/mol. The quantitative estimate of drug-likeness (QED) is 0.846. The number of alkyl carbamates (subject to hydrolysis) is 1. The molecule has 1 atom stereocenters. The molecule has 1 amide bonds. The Balaban J connectivity index is 2.82. The van der Waals surface area contributed by atoms with E-state index in [1.165, 1.54) is 0 Å². The van der Waals surface area contributed by atoms with Gasteiger partial charge in [-0.05, 0) is 38.8 Å². The first kappa shape index (κ1) is 18.6. The zero-order chi connectivity index (χ0) is 16.9. The maximum absolute atomic E-state index is 11.8. The molecule has 1 aromatic carbocycles. The largest absolute Gasteiger partial charge is 0.481 e. The average Bonchev–Trinajstić information content (AvgIpc) is 2.31. The summed E-state index contributed by atoms with van der Waals surface area (Å²) in [5.74, 6) is -1.03. The second kappa shape index (κ2) is 7.70. The van der Waals surface area contributed by atoms with Crippen molar-refractivity contribution in [2.45, 2.75) is 45.3 Å². The Labute approximate surface area is 139 Å². The van der Waals surface area contributed by atoms with Gasteiger partial charge in [0.15, 0.2) is 0 Å². The molecule has 0 unspecified atom stereocenters. The summed E-state index contributed by atoms with van der Waals surface area (Å²) in [5.41, 5.74) is 0.00225. The van der Waals surface area contributed by atoms with E-state index in [0.717, 1.165) is 0 Å². The highest BCUT2D eigenvalue weighted by Gasteiger charge is 2.22. The molecule has 5 nitrogen and oxygen atoms in total. The molecule has 1 aromatic rings. The summed E-state index contributed by atoms with van der Waals surface area (Å²) in [6.07, 6.45) is -0.676. The van der Waals surface area contributed by atoms with Gasteiger partial charge < -0.3 is 15.2 Å². The van der Waals surface area contributed by atoms with E-state index in [0.29, 0.717) is 15.6 Å². The number of hydrogen-bond acceptors (Lipinski definition) is 3. The molecule has 0 spiro atoms. The molecule has 0 fully saturated rings. The van der Waals surface area contributed by atoms with Gasteiger partial charge in [0.2, 0.25) is 0 Å². The minimum Gasteiger partial charge on any atom is -0.481 e. The predicted octanol–water partition coefficient (Wildman–Crippen LogP) is 3.90. The second-order valence-corrected chi connectivity index (χ2v) is 6.64. The van der Waals surface area contributed by atoms with Crippen LogP contribution in [-0.4, -0.2) is 28.8 Å².